The fraction of sp³-hybridized carbons (Fsp3) is 0.588. The van der Waals surface area contributed by atoms with Gasteiger partial charge in [-0.25, -0.2) is 4.79 Å². The number of hydrogen-bond acceptors (Lipinski definition) is 5. The predicted molar refractivity (Wildman–Crippen MR) is 90.6 cm³/mol. The molecule has 0 aliphatic carbocycles. The molecule has 0 radical (unpaired) electrons. The van der Waals surface area contributed by atoms with Crippen LogP contribution in [0.5, 0.6) is 0 Å². The zero-order chi connectivity index (χ0) is 16.9. The number of amidine groups is 1. The van der Waals surface area contributed by atoms with Gasteiger partial charge in [0.1, 0.15) is 11.4 Å². The summed E-state index contributed by atoms with van der Waals surface area (Å²) in [5.74, 6) is 0.801. The molecule has 0 spiro atoms. The number of pyridine rings is 1. The largest absolute Gasteiger partial charge is 0.444 e. The van der Waals surface area contributed by atoms with Crippen LogP contribution in [-0.4, -0.2) is 47.0 Å². The molecule has 1 aliphatic heterocycles. The molecule has 0 saturated carbocycles. The van der Waals surface area contributed by atoms with Crippen molar-refractivity contribution in [3.05, 3.63) is 29.6 Å². The minimum absolute atomic E-state index is 0.293. The lowest BCUT2D eigenvalue weighted by atomic mass is 10.1. The second-order valence-electron chi connectivity index (χ2n) is 6.55. The second-order valence-corrected chi connectivity index (χ2v) is 6.55. The topological polar surface area (TPSA) is 66.8 Å². The number of aromatic nitrogens is 1. The minimum Gasteiger partial charge on any atom is -0.444 e. The SMILES string of the molecule is CCc1cccnc1CNC1=NCCN(C(=O)OC(C)(C)C)C1. The molecule has 6 nitrogen and oxygen atoms in total. The number of ether oxygens (including phenoxy) is 1. The first-order valence-corrected chi connectivity index (χ1v) is 8.07. The van der Waals surface area contributed by atoms with E-state index in [1.54, 1.807) is 11.1 Å². The maximum atomic E-state index is 12.1. The Morgan fingerprint density at radius 3 is 2.91 bits per heavy atom. The molecule has 0 atom stereocenters. The van der Waals surface area contributed by atoms with Crippen molar-refractivity contribution in [1.82, 2.24) is 15.2 Å². The van der Waals surface area contributed by atoms with E-state index in [-0.39, 0.29) is 6.09 Å². The molecule has 1 amide bonds. The van der Waals surface area contributed by atoms with Crippen LogP contribution in [0.3, 0.4) is 0 Å². The summed E-state index contributed by atoms with van der Waals surface area (Å²) < 4.78 is 5.42. The van der Waals surface area contributed by atoms with Crippen LogP contribution in [-0.2, 0) is 17.7 Å². The molecule has 6 heteroatoms. The average Bonchev–Trinajstić information content (AvgIpc) is 2.52. The van der Waals surface area contributed by atoms with E-state index in [1.807, 2.05) is 26.8 Å². The molecule has 2 rings (SSSR count). The molecule has 0 aromatic carbocycles. The van der Waals surface area contributed by atoms with E-state index in [0.29, 0.717) is 26.2 Å². The van der Waals surface area contributed by atoms with Crippen molar-refractivity contribution in [2.75, 3.05) is 19.6 Å². The molecular weight excluding hydrogens is 292 g/mol. The highest BCUT2D eigenvalue weighted by atomic mass is 16.6. The monoisotopic (exact) mass is 318 g/mol. The average molecular weight is 318 g/mol. The lowest BCUT2D eigenvalue weighted by Gasteiger charge is -2.30. The summed E-state index contributed by atoms with van der Waals surface area (Å²) in [6.07, 6.45) is 2.45. The van der Waals surface area contributed by atoms with E-state index < -0.39 is 5.60 Å². The molecule has 0 saturated heterocycles. The molecule has 1 aromatic heterocycles. The zero-order valence-electron chi connectivity index (χ0n) is 14.4. The van der Waals surface area contributed by atoms with Crippen molar-refractivity contribution in [3.63, 3.8) is 0 Å². The van der Waals surface area contributed by atoms with Crippen LogP contribution in [0.1, 0.15) is 39.0 Å². The first-order valence-electron chi connectivity index (χ1n) is 8.07. The van der Waals surface area contributed by atoms with Crippen molar-refractivity contribution in [2.24, 2.45) is 4.99 Å². The third-order valence-corrected chi connectivity index (χ3v) is 3.49. The lowest BCUT2D eigenvalue weighted by Crippen LogP contribution is -2.47. The van der Waals surface area contributed by atoms with E-state index in [1.165, 1.54) is 5.56 Å². The van der Waals surface area contributed by atoms with Gasteiger partial charge >= 0.3 is 6.09 Å². The standard InChI is InChI=1S/C17H26N4O2/c1-5-13-7-6-8-18-14(13)11-20-15-12-21(10-9-19-15)16(22)23-17(2,3)4/h6-8H,5,9-12H2,1-4H3,(H,19,20). The van der Waals surface area contributed by atoms with E-state index >= 15 is 0 Å². The Morgan fingerprint density at radius 2 is 2.22 bits per heavy atom. The van der Waals surface area contributed by atoms with Gasteiger partial charge in [0, 0.05) is 12.7 Å². The molecule has 2 heterocycles. The van der Waals surface area contributed by atoms with Gasteiger partial charge in [-0.2, -0.15) is 0 Å². The molecule has 0 unspecified atom stereocenters. The van der Waals surface area contributed by atoms with Crippen molar-refractivity contribution in [2.45, 2.75) is 46.3 Å². The van der Waals surface area contributed by atoms with Gasteiger partial charge in [-0.15, -0.1) is 0 Å². The fourth-order valence-electron chi connectivity index (χ4n) is 2.35. The van der Waals surface area contributed by atoms with Crippen LogP contribution >= 0.6 is 0 Å². The predicted octanol–water partition coefficient (Wildman–Crippen LogP) is 2.38. The Bertz CT molecular complexity index is 578. The van der Waals surface area contributed by atoms with E-state index in [4.69, 9.17) is 4.74 Å². The molecule has 0 bridgehead atoms. The van der Waals surface area contributed by atoms with Gasteiger partial charge < -0.3 is 10.1 Å². The molecule has 23 heavy (non-hydrogen) atoms. The minimum atomic E-state index is -0.483. The van der Waals surface area contributed by atoms with E-state index in [9.17, 15) is 4.79 Å². The number of nitrogens with zero attached hydrogens (tertiary/aromatic N) is 3. The number of nitrogens with one attached hydrogen (secondary N) is 1. The maximum Gasteiger partial charge on any atom is 0.410 e. The third kappa shape index (κ3) is 5.23. The molecular formula is C17H26N4O2. The van der Waals surface area contributed by atoms with Crippen LogP contribution in [0.15, 0.2) is 23.3 Å². The molecule has 1 aromatic rings. The van der Waals surface area contributed by atoms with Gasteiger partial charge in [0.2, 0.25) is 0 Å². The lowest BCUT2D eigenvalue weighted by molar-refractivity contribution is 0.0276. The number of amides is 1. The molecule has 1 N–H and O–H groups in total. The van der Waals surface area contributed by atoms with Crippen LogP contribution in [0, 0.1) is 0 Å². The number of carbonyl (C=O) groups is 1. The van der Waals surface area contributed by atoms with Crippen molar-refractivity contribution < 1.29 is 9.53 Å². The summed E-state index contributed by atoms with van der Waals surface area (Å²) in [5, 5.41) is 3.30. The van der Waals surface area contributed by atoms with Crippen LogP contribution in [0.25, 0.3) is 0 Å². The highest BCUT2D eigenvalue weighted by molar-refractivity contribution is 5.87. The Hall–Kier alpha value is -2.11. The Labute approximate surface area is 138 Å². The Kier molecular flexibility index (Phi) is 5.58. The van der Waals surface area contributed by atoms with Gasteiger partial charge in [0.15, 0.2) is 0 Å². The highest BCUT2D eigenvalue weighted by Gasteiger charge is 2.24. The number of aryl methyl sites for hydroxylation is 1. The summed E-state index contributed by atoms with van der Waals surface area (Å²) in [6, 6.07) is 4.03. The molecule has 126 valence electrons. The Morgan fingerprint density at radius 1 is 1.43 bits per heavy atom. The third-order valence-electron chi connectivity index (χ3n) is 3.49. The zero-order valence-corrected chi connectivity index (χ0v) is 14.4. The van der Waals surface area contributed by atoms with Crippen molar-refractivity contribution in [3.8, 4) is 0 Å². The van der Waals surface area contributed by atoms with Crippen molar-refractivity contribution in [1.29, 1.82) is 0 Å². The highest BCUT2D eigenvalue weighted by Crippen LogP contribution is 2.11. The number of rotatable bonds is 3. The summed E-state index contributed by atoms with van der Waals surface area (Å²) in [6.45, 7) is 9.96. The van der Waals surface area contributed by atoms with Crippen molar-refractivity contribution >= 4 is 11.9 Å². The summed E-state index contributed by atoms with van der Waals surface area (Å²) >= 11 is 0. The summed E-state index contributed by atoms with van der Waals surface area (Å²) in [4.78, 5) is 22.7. The Balaban J connectivity index is 1.91. The molecule has 1 aliphatic rings. The van der Waals surface area contributed by atoms with E-state index in [2.05, 4.69) is 28.3 Å². The first kappa shape index (κ1) is 17.2. The number of hydrogen-bond donors (Lipinski definition) is 1. The van der Waals surface area contributed by atoms with Crippen LogP contribution < -0.4 is 5.32 Å². The number of aliphatic imine (C=N–C) groups is 1. The van der Waals surface area contributed by atoms with Gasteiger partial charge in [0.05, 0.1) is 25.3 Å². The fourth-order valence-corrected chi connectivity index (χ4v) is 2.35. The summed E-state index contributed by atoms with van der Waals surface area (Å²) in [7, 11) is 0. The maximum absolute atomic E-state index is 12.1. The van der Waals surface area contributed by atoms with Crippen LogP contribution in [0.2, 0.25) is 0 Å². The quantitative estimate of drug-likeness (QED) is 0.929. The first-order chi connectivity index (χ1) is 10.9. The molecule has 0 fully saturated rings. The number of carbonyl (C=O) groups excluding carboxylic acids is 1. The summed E-state index contributed by atoms with van der Waals surface area (Å²) in [5.41, 5.74) is 1.76. The van der Waals surface area contributed by atoms with Gasteiger partial charge in [-0.1, -0.05) is 13.0 Å². The van der Waals surface area contributed by atoms with Gasteiger partial charge in [-0.05, 0) is 38.8 Å². The van der Waals surface area contributed by atoms with Crippen LogP contribution in [0.4, 0.5) is 4.79 Å². The van der Waals surface area contributed by atoms with Gasteiger partial charge in [-0.3, -0.25) is 14.9 Å². The van der Waals surface area contributed by atoms with E-state index in [0.717, 1.165) is 18.0 Å². The second kappa shape index (κ2) is 7.44. The smallest absolute Gasteiger partial charge is 0.410 e. The normalized spacial score (nSPS) is 15.1. The van der Waals surface area contributed by atoms with Gasteiger partial charge in [0.25, 0.3) is 0 Å².